The van der Waals surface area contributed by atoms with Crippen LogP contribution in [0.25, 0.3) is 0 Å². The Morgan fingerprint density at radius 3 is 2.33 bits per heavy atom. The van der Waals surface area contributed by atoms with E-state index in [-0.39, 0.29) is 13.0 Å². The maximum atomic E-state index is 11.6. The first-order chi connectivity index (χ1) is 8.33. The average Bonchev–Trinajstić information content (AvgIpc) is 2.27. The third-order valence-corrected chi connectivity index (χ3v) is 4.33. The summed E-state index contributed by atoms with van der Waals surface area (Å²) in [4.78, 5) is 10.7. The van der Waals surface area contributed by atoms with Crippen LogP contribution in [-0.4, -0.2) is 24.7 Å². The van der Waals surface area contributed by atoms with Crippen molar-refractivity contribution < 1.29 is 18.3 Å². The smallest absolute Gasteiger partial charge is 0.307 e. The van der Waals surface area contributed by atoms with E-state index in [2.05, 4.69) is 4.72 Å². The fourth-order valence-electron chi connectivity index (χ4n) is 1.41. The van der Waals surface area contributed by atoms with Gasteiger partial charge in [0.15, 0.2) is 0 Å². The molecular formula is C12H17NO4S. The van der Waals surface area contributed by atoms with Gasteiger partial charge in [0.2, 0.25) is 10.0 Å². The highest BCUT2D eigenvalue weighted by atomic mass is 32.2. The number of benzene rings is 1. The predicted molar refractivity (Wildman–Crippen MR) is 68.7 cm³/mol. The van der Waals surface area contributed by atoms with Gasteiger partial charge >= 0.3 is 5.97 Å². The van der Waals surface area contributed by atoms with Crippen LogP contribution in [-0.2, 0) is 27.8 Å². The summed E-state index contributed by atoms with van der Waals surface area (Å²) >= 11 is 0. The normalized spacial score (nSPS) is 11.7. The number of carboxylic acids is 1. The van der Waals surface area contributed by atoms with Gasteiger partial charge in [-0.2, -0.15) is 0 Å². The molecule has 0 aromatic heterocycles. The summed E-state index contributed by atoms with van der Waals surface area (Å²) in [6.45, 7) is 3.29. The van der Waals surface area contributed by atoms with E-state index in [0.29, 0.717) is 11.1 Å². The van der Waals surface area contributed by atoms with Crippen molar-refractivity contribution in [1.82, 2.24) is 4.72 Å². The van der Waals surface area contributed by atoms with Gasteiger partial charge in [0.25, 0.3) is 0 Å². The summed E-state index contributed by atoms with van der Waals surface area (Å²) in [6, 6.07) is 6.90. The first-order valence-electron chi connectivity index (χ1n) is 5.60. The minimum absolute atomic E-state index is 0.112. The van der Waals surface area contributed by atoms with E-state index >= 15 is 0 Å². The lowest BCUT2D eigenvalue weighted by atomic mass is 10.1. The Hall–Kier alpha value is -1.40. The molecule has 1 aromatic rings. The predicted octanol–water partition coefficient (Wildman–Crippen LogP) is 1.14. The van der Waals surface area contributed by atoms with Crippen molar-refractivity contribution in [2.75, 3.05) is 0 Å². The van der Waals surface area contributed by atoms with Gasteiger partial charge in [-0.25, -0.2) is 13.1 Å². The van der Waals surface area contributed by atoms with E-state index in [9.17, 15) is 13.2 Å². The van der Waals surface area contributed by atoms with Crippen molar-refractivity contribution in [2.45, 2.75) is 32.1 Å². The molecule has 0 unspecified atom stereocenters. The molecule has 0 aliphatic rings. The molecule has 0 heterocycles. The van der Waals surface area contributed by atoms with E-state index in [0.717, 1.165) is 0 Å². The molecule has 0 atom stereocenters. The number of nitrogens with one attached hydrogen (secondary N) is 1. The van der Waals surface area contributed by atoms with Gasteiger partial charge in [-0.1, -0.05) is 24.3 Å². The Bertz CT molecular complexity index is 523. The molecule has 6 heteroatoms. The van der Waals surface area contributed by atoms with Crippen molar-refractivity contribution >= 4 is 16.0 Å². The molecule has 0 fully saturated rings. The highest BCUT2D eigenvalue weighted by Gasteiger charge is 2.16. The quantitative estimate of drug-likeness (QED) is 0.812. The van der Waals surface area contributed by atoms with Crippen LogP contribution in [0, 0.1) is 0 Å². The third-order valence-electron chi connectivity index (χ3n) is 2.54. The molecular weight excluding hydrogens is 254 g/mol. The van der Waals surface area contributed by atoms with Crippen LogP contribution in [0.4, 0.5) is 0 Å². The van der Waals surface area contributed by atoms with Gasteiger partial charge in [0.05, 0.1) is 11.7 Å². The van der Waals surface area contributed by atoms with Gasteiger partial charge < -0.3 is 5.11 Å². The summed E-state index contributed by atoms with van der Waals surface area (Å²) < 4.78 is 25.7. The molecule has 0 amide bonds. The summed E-state index contributed by atoms with van der Waals surface area (Å²) in [5.74, 6) is -0.936. The largest absolute Gasteiger partial charge is 0.481 e. The van der Waals surface area contributed by atoms with Crippen molar-refractivity contribution in [3.8, 4) is 0 Å². The monoisotopic (exact) mass is 271 g/mol. The van der Waals surface area contributed by atoms with Crippen LogP contribution in [0.5, 0.6) is 0 Å². The zero-order valence-electron chi connectivity index (χ0n) is 10.4. The number of carboxylic acid groups (broad SMARTS) is 1. The van der Waals surface area contributed by atoms with E-state index in [1.54, 1.807) is 38.1 Å². The van der Waals surface area contributed by atoms with Crippen LogP contribution in [0.2, 0.25) is 0 Å². The molecule has 0 bridgehead atoms. The topological polar surface area (TPSA) is 83.5 Å². The molecule has 0 saturated heterocycles. The first-order valence-corrected chi connectivity index (χ1v) is 7.14. The molecule has 0 radical (unpaired) electrons. The highest BCUT2D eigenvalue weighted by molar-refractivity contribution is 7.90. The summed E-state index contributed by atoms with van der Waals surface area (Å²) in [6.07, 6.45) is -0.112. The van der Waals surface area contributed by atoms with Gasteiger partial charge in [-0.15, -0.1) is 0 Å². The van der Waals surface area contributed by atoms with E-state index in [4.69, 9.17) is 5.11 Å². The van der Waals surface area contributed by atoms with Gasteiger partial charge in [-0.3, -0.25) is 4.79 Å². The highest BCUT2D eigenvalue weighted by Crippen LogP contribution is 2.10. The lowest BCUT2D eigenvalue weighted by Crippen LogP contribution is -2.30. The fraction of sp³-hybridized carbons (Fsp3) is 0.417. The maximum absolute atomic E-state index is 11.6. The molecule has 0 saturated carbocycles. The standard InChI is InChI=1S/C12H17NO4S/c1-9(2)18(16,17)13-8-11-6-4-3-5-10(11)7-12(14)15/h3-6,9,13H,7-8H2,1-2H3,(H,14,15). The molecule has 18 heavy (non-hydrogen) atoms. The van der Waals surface area contributed by atoms with E-state index in [1.807, 2.05) is 0 Å². The van der Waals surface area contributed by atoms with Crippen molar-refractivity contribution in [3.63, 3.8) is 0 Å². The minimum Gasteiger partial charge on any atom is -0.481 e. The minimum atomic E-state index is -3.34. The van der Waals surface area contributed by atoms with Gasteiger partial charge in [0.1, 0.15) is 0 Å². The SMILES string of the molecule is CC(C)S(=O)(=O)NCc1ccccc1CC(=O)O. The van der Waals surface area contributed by atoms with Crippen LogP contribution in [0.15, 0.2) is 24.3 Å². The molecule has 1 rings (SSSR count). The van der Waals surface area contributed by atoms with Crippen molar-refractivity contribution in [2.24, 2.45) is 0 Å². The van der Waals surface area contributed by atoms with Crippen LogP contribution >= 0.6 is 0 Å². The molecule has 0 spiro atoms. The summed E-state index contributed by atoms with van der Waals surface area (Å²) in [5.41, 5.74) is 1.31. The Morgan fingerprint density at radius 2 is 1.83 bits per heavy atom. The second kappa shape index (κ2) is 5.97. The average molecular weight is 271 g/mol. The second-order valence-electron chi connectivity index (χ2n) is 4.25. The lowest BCUT2D eigenvalue weighted by molar-refractivity contribution is -0.136. The van der Waals surface area contributed by atoms with Crippen LogP contribution < -0.4 is 4.72 Å². The van der Waals surface area contributed by atoms with Crippen molar-refractivity contribution in [3.05, 3.63) is 35.4 Å². The Kier molecular flexibility index (Phi) is 4.86. The third kappa shape index (κ3) is 4.12. The van der Waals surface area contributed by atoms with Crippen molar-refractivity contribution in [1.29, 1.82) is 0 Å². The summed E-state index contributed by atoms with van der Waals surface area (Å²) in [5, 5.41) is 8.26. The summed E-state index contributed by atoms with van der Waals surface area (Å²) in [7, 11) is -3.34. The molecule has 100 valence electrons. The van der Waals surface area contributed by atoms with Gasteiger partial charge in [0, 0.05) is 6.54 Å². The molecule has 0 aliphatic carbocycles. The Labute approximate surface area is 107 Å². The number of aliphatic carboxylic acids is 1. The zero-order chi connectivity index (χ0) is 13.8. The number of hydrogen-bond donors (Lipinski definition) is 2. The number of carbonyl (C=O) groups is 1. The Balaban J connectivity index is 2.82. The molecule has 0 aliphatic heterocycles. The van der Waals surface area contributed by atoms with E-state index in [1.165, 1.54) is 0 Å². The zero-order valence-corrected chi connectivity index (χ0v) is 11.2. The van der Waals surface area contributed by atoms with Gasteiger partial charge in [-0.05, 0) is 25.0 Å². The molecule has 5 nitrogen and oxygen atoms in total. The van der Waals surface area contributed by atoms with Crippen LogP contribution in [0.1, 0.15) is 25.0 Å². The fourth-order valence-corrected chi connectivity index (χ4v) is 2.10. The van der Waals surface area contributed by atoms with E-state index < -0.39 is 21.2 Å². The first kappa shape index (κ1) is 14.7. The second-order valence-corrected chi connectivity index (χ2v) is 6.58. The Morgan fingerprint density at radius 1 is 1.28 bits per heavy atom. The molecule has 2 N–H and O–H groups in total. The van der Waals surface area contributed by atoms with Crippen LogP contribution in [0.3, 0.4) is 0 Å². The molecule has 1 aromatic carbocycles. The number of hydrogen-bond acceptors (Lipinski definition) is 3. The maximum Gasteiger partial charge on any atom is 0.307 e. The number of rotatable bonds is 6. The number of sulfonamides is 1. The lowest BCUT2D eigenvalue weighted by Gasteiger charge is -2.11.